The molecule has 9 aromatic rings. The lowest BCUT2D eigenvalue weighted by Crippen LogP contribution is -2.44. The van der Waals surface area contributed by atoms with Crippen molar-refractivity contribution >= 4 is 38.4 Å². The molecule has 2 unspecified atom stereocenters. The van der Waals surface area contributed by atoms with Gasteiger partial charge < -0.3 is 9.88 Å². The van der Waals surface area contributed by atoms with Crippen molar-refractivity contribution in [3.63, 3.8) is 0 Å². The van der Waals surface area contributed by atoms with E-state index in [2.05, 4.69) is 209 Å². The highest BCUT2D eigenvalue weighted by Gasteiger charge is 2.26. The molecule has 4 heteroatoms. The Bertz CT molecular complexity index is 2780. The van der Waals surface area contributed by atoms with Gasteiger partial charge in [-0.05, 0) is 86.6 Å². The third-order valence-corrected chi connectivity index (χ3v) is 10.4. The molecule has 2 N–H and O–H groups in total. The van der Waals surface area contributed by atoms with Crippen LogP contribution in [0.2, 0.25) is 0 Å². The number of hydrogen-bond donors (Lipinski definition) is 2. The maximum Gasteiger partial charge on any atom is 0.131 e. The molecule has 2 atom stereocenters. The average molecular weight is 681 g/mol. The molecule has 0 saturated heterocycles. The van der Waals surface area contributed by atoms with Gasteiger partial charge in [-0.2, -0.15) is 0 Å². The fourth-order valence-corrected chi connectivity index (χ4v) is 7.80. The third kappa shape index (κ3) is 5.76. The van der Waals surface area contributed by atoms with Crippen LogP contribution in [0.5, 0.6) is 0 Å². The van der Waals surface area contributed by atoms with E-state index in [4.69, 9.17) is 4.99 Å². The topological polar surface area (TPSA) is 41.4 Å². The zero-order valence-corrected chi connectivity index (χ0v) is 29.0. The van der Waals surface area contributed by atoms with Crippen molar-refractivity contribution in [3.8, 4) is 27.9 Å². The van der Waals surface area contributed by atoms with Crippen LogP contribution in [0.1, 0.15) is 29.0 Å². The number of aliphatic imine (C=N–C) groups is 1. The van der Waals surface area contributed by atoms with Crippen LogP contribution < -0.4 is 10.6 Å². The van der Waals surface area contributed by atoms with Gasteiger partial charge in [0, 0.05) is 22.0 Å². The van der Waals surface area contributed by atoms with Gasteiger partial charge in [0.15, 0.2) is 0 Å². The van der Waals surface area contributed by atoms with Crippen molar-refractivity contribution < 1.29 is 0 Å². The van der Waals surface area contributed by atoms with Crippen molar-refractivity contribution in [2.75, 3.05) is 0 Å². The molecule has 53 heavy (non-hydrogen) atoms. The quantitative estimate of drug-likeness (QED) is 0.184. The maximum atomic E-state index is 5.37. The van der Waals surface area contributed by atoms with Gasteiger partial charge in [0.2, 0.25) is 0 Å². The zero-order chi connectivity index (χ0) is 35.1. The summed E-state index contributed by atoms with van der Waals surface area (Å²) in [7, 11) is 0. The van der Waals surface area contributed by atoms with Crippen molar-refractivity contribution in [2.24, 2.45) is 4.99 Å². The Hall–Kier alpha value is -6.75. The van der Waals surface area contributed by atoms with E-state index in [9.17, 15) is 0 Å². The van der Waals surface area contributed by atoms with E-state index < -0.39 is 0 Å². The molecule has 1 aliphatic rings. The summed E-state index contributed by atoms with van der Waals surface area (Å²) >= 11 is 0. The van der Waals surface area contributed by atoms with E-state index in [-0.39, 0.29) is 12.3 Å². The molecule has 4 nitrogen and oxygen atoms in total. The summed E-state index contributed by atoms with van der Waals surface area (Å²) in [5.74, 6) is 0.867. The molecule has 0 radical (unpaired) electrons. The number of nitrogens with one attached hydrogen (secondary N) is 2. The fraction of sp³-hybridized carbons (Fsp3) is 0.0408. The molecule has 1 aromatic heterocycles. The van der Waals surface area contributed by atoms with Crippen LogP contribution in [0.25, 0.3) is 60.5 Å². The van der Waals surface area contributed by atoms with Gasteiger partial charge in [0.1, 0.15) is 18.2 Å². The predicted octanol–water partition coefficient (Wildman–Crippen LogP) is 11.6. The summed E-state index contributed by atoms with van der Waals surface area (Å²) in [4.78, 5) is 5.37. The number of rotatable bonds is 6. The monoisotopic (exact) mass is 680 g/mol. The molecule has 2 heterocycles. The molecule has 10 rings (SSSR count). The molecule has 0 amide bonds. The number of aromatic nitrogens is 1. The highest BCUT2D eigenvalue weighted by atomic mass is 15.3. The lowest BCUT2D eigenvalue weighted by Gasteiger charge is -2.32. The Kier molecular flexibility index (Phi) is 7.67. The van der Waals surface area contributed by atoms with Crippen LogP contribution >= 0.6 is 0 Å². The van der Waals surface area contributed by atoms with E-state index in [0.29, 0.717) is 0 Å². The van der Waals surface area contributed by atoms with Crippen molar-refractivity contribution in [1.82, 2.24) is 15.2 Å². The van der Waals surface area contributed by atoms with Crippen molar-refractivity contribution in [2.45, 2.75) is 12.3 Å². The van der Waals surface area contributed by atoms with Gasteiger partial charge in [0.05, 0.1) is 11.0 Å². The summed E-state index contributed by atoms with van der Waals surface area (Å²) in [6.07, 6.45) is -0.405. The summed E-state index contributed by atoms with van der Waals surface area (Å²) in [5, 5.41) is 12.4. The third-order valence-electron chi connectivity index (χ3n) is 10.4. The second-order valence-corrected chi connectivity index (χ2v) is 13.7. The van der Waals surface area contributed by atoms with Crippen molar-refractivity contribution in [1.29, 1.82) is 0 Å². The fourth-order valence-electron chi connectivity index (χ4n) is 7.80. The molecule has 0 spiro atoms. The summed E-state index contributed by atoms with van der Waals surface area (Å²) in [5.41, 5.74) is 11.6. The Labute approximate surface area is 308 Å². The lowest BCUT2D eigenvalue weighted by atomic mass is 10.0. The van der Waals surface area contributed by atoms with Crippen LogP contribution in [0, 0.1) is 0 Å². The highest BCUT2D eigenvalue weighted by Crippen LogP contribution is 2.38. The Morgan fingerprint density at radius 2 is 1.00 bits per heavy atom. The van der Waals surface area contributed by atoms with E-state index in [1.54, 1.807) is 0 Å². The second-order valence-electron chi connectivity index (χ2n) is 13.7. The normalized spacial score (nSPS) is 15.7. The summed E-state index contributed by atoms with van der Waals surface area (Å²) in [6.45, 7) is 0. The molecular weight excluding hydrogens is 645 g/mol. The Balaban J connectivity index is 1.14. The Morgan fingerprint density at radius 1 is 0.415 bits per heavy atom. The summed E-state index contributed by atoms with van der Waals surface area (Å²) < 4.78 is 2.42. The van der Waals surface area contributed by atoms with Crippen LogP contribution in [0.4, 0.5) is 0 Å². The minimum absolute atomic E-state index is 0.129. The predicted molar refractivity (Wildman–Crippen MR) is 220 cm³/mol. The second kappa shape index (κ2) is 13.1. The average Bonchev–Trinajstić information content (AvgIpc) is 3.56. The SMILES string of the molecule is c1ccc(-c2cccc(C3=NC(c4ccc5c(c4)c4cc6ccccc6cc4n5-c4cccc(-c5ccccc5)c4)NC(c4ccccc4)N3)c2)cc1. The van der Waals surface area contributed by atoms with Gasteiger partial charge in [-0.15, -0.1) is 0 Å². The number of benzene rings is 8. The molecule has 0 aliphatic carbocycles. The van der Waals surface area contributed by atoms with Crippen LogP contribution in [-0.2, 0) is 0 Å². The van der Waals surface area contributed by atoms with Crippen LogP contribution in [-0.4, -0.2) is 10.4 Å². The number of amidine groups is 1. The van der Waals surface area contributed by atoms with Crippen LogP contribution in [0.15, 0.2) is 199 Å². The van der Waals surface area contributed by atoms with Crippen molar-refractivity contribution in [3.05, 3.63) is 211 Å². The number of fused-ring (bicyclic) bond motifs is 4. The Morgan fingerprint density at radius 3 is 1.74 bits per heavy atom. The molecule has 252 valence electrons. The molecule has 8 aromatic carbocycles. The maximum absolute atomic E-state index is 5.37. The van der Waals surface area contributed by atoms with E-state index >= 15 is 0 Å². The van der Waals surface area contributed by atoms with E-state index in [1.807, 2.05) is 0 Å². The molecule has 0 saturated carbocycles. The van der Waals surface area contributed by atoms with E-state index in [1.165, 1.54) is 43.8 Å². The first kappa shape index (κ1) is 31.0. The molecule has 0 bridgehead atoms. The zero-order valence-electron chi connectivity index (χ0n) is 29.0. The van der Waals surface area contributed by atoms with Gasteiger partial charge >= 0.3 is 0 Å². The van der Waals surface area contributed by atoms with Gasteiger partial charge in [-0.25, -0.2) is 4.99 Å². The number of nitrogens with zero attached hydrogens (tertiary/aromatic N) is 2. The molecular formula is C49H36N4. The molecule has 0 fully saturated rings. The van der Waals surface area contributed by atoms with Crippen LogP contribution in [0.3, 0.4) is 0 Å². The van der Waals surface area contributed by atoms with Gasteiger partial charge in [-0.1, -0.05) is 152 Å². The van der Waals surface area contributed by atoms with Gasteiger partial charge in [0.25, 0.3) is 0 Å². The minimum Gasteiger partial charge on any atom is -0.350 e. The van der Waals surface area contributed by atoms with Gasteiger partial charge in [-0.3, -0.25) is 5.32 Å². The largest absolute Gasteiger partial charge is 0.350 e. The first-order valence-corrected chi connectivity index (χ1v) is 18.2. The highest BCUT2D eigenvalue weighted by molar-refractivity contribution is 6.14. The minimum atomic E-state index is -0.276. The standard InChI is InChI=1S/C49H36N4/c1-4-14-33(15-5-1)36-22-12-24-40(28-36)48-50-47(35-18-8-3-9-19-35)51-49(52-48)41-26-27-45-43(31-41)44-30-38-20-10-11-21-39(38)32-46(44)53(45)42-25-13-23-37(29-42)34-16-6-2-7-17-34/h1-32,47,49,51H,(H,50,52). The molecule has 1 aliphatic heterocycles. The first-order valence-electron chi connectivity index (χ1n) is 18.2. The first-order chi connectivity index (χ1) is 26.2. The lowest BCUT2D eigenvalue weighted by molar-refractivity contribution is 0.409. The summed E-state index contributed by atoms with van der Waals surface area (Å²) in [6, 6.07) is 69.4. The van der Waals surface area contributed by atoms with E-state index in [0.717, 1.165) is 39.3 Å². The smallest absolute Gasteiger partial charge is 0.131 e. The number of hydrogen-bond acceptors (Lipinski definition) is 3.